The summed E-state index contributed by atoms with van der Waals surface area (Å²) in [6.07, 6.45) is 9.95. The monoisotopic (exact) mass is 887 g/mol. The van der Waals surface area contributed by atoms with Gasteiger partial charge in [0.1, 0.15) is 24.4 Å². The van der Waals surface area contributed by atoms with E-state index in [1.165, 1.54) is 51.4 Å². The lowest BCUT2D eigenvalue weighted by atomic mass is 9.96. The highest BCUT2D eigenvalue weighted by Gasteiger charge is 2.54. The highest BCUT2D eigenvalue weighted by atomic mass is 16.8. The largest absolute Gasteiger partial charge is 0.454 e. The van der Waals surface area contributed by atoms with E-state index in [4.69, 9.17) is 33.2 Å². The van der Waals surface area contributed by atoms with E-state index in [1.54, 1.807) is 97.1 Å². The number of esters is 3. The molecule has 2 heterocycles. The normalized spacial score (nSPS) is 21.3. The molecule has 6 rings (SSSR count). The van der Waals surface area contributed by atoms with E-state index in [9.17, 15) is 19.9 Å². The second-order valence-electron chi connectivity index (χ2n) is 16.3. The molecule has 0 bridgehead atoms. The summed E-state index contributed by atoms with van der Waals surface area (Å²) >= 11 is 0. The highest BCUT2D eigenvalue weighted by Crippen LogP contribution is 2.37. The second-order valence-corrected chi connectivity index (χ2v) is 16.3. The first-order chi connectivity index (χ1) is 31.9. The minimum Gasteiger partial charge on any atom is -0.454 e. The second kappa shape index (κ2) is 26.8. The van der Waals surface area contributed by atoms with Gasteiger partial charge in [-0.05, 0) is 60.8 Å². The molecule has 13 heteroatoms. The number of rotatable bonds is 25. The van der Waals surface area contributed by atoms with Crippen molar-refractivity contribution in [3.63, 3.8) is 0 Å². The molecule has 2 aliphatic rings. The van der Waals surface area contributed by atoms with Crippen molar-refractivity contribution in [3.05, 3.63) is 166 Å². The molecule has 0 aromatic heterocycles. The zero-order valence-corrected chi connectivity index (χ0v) is 37.1. The topological polar surface area (TPSA) is 165 Å². The van der Waals surface area contributed by atoms with E-state index < -0.39 is 67.0 Å². The Bertz CT molecular complexity index is 2100. The van der Waals surface area contributed by atoms with Gasteiger partial charge in [-0.1, -0.05) is 167 Å². The molecule has 1 unspecified atom stereocenters. The molecule has 2 saturated heterocycles. The lowest BCUT2D eigenvalue weighted by Gasteiger charge is -2.48. The van der Waals surface area contributed by atoms with Crippen LogP contribution in [-0.4, -0.2) is 74.0 Å². The zero-order valence-electron chi connectivity index (χ0n) is 37.1. The number of benzene rings is 4. The smallest absolute Gasteiger partial charge is 0.338 e. The van der Waals surface area contributed by atoms with Gasteiger partial charge in [0.15, 0.2) is 24.8 Å². The fourth-order valence-electron chi connectivity index (χ4n) is 7.87. The van der Waals surface area contributed by atoms with E-state index >= 15 is 0 Å². The molecule has 344 valence electrons. The molecule has 0 aliphatic carbocycles. The molecular weight excluding hydrogens is 827 g/mol. The summed E-state index contributed by atoms with van der Waals surface area (Å²) < 4.78 is 43.9. The number of azide groups is 1. The van der Waals surface area contributed by atoms with Crippen LogP contribution in [0, 0.1) is 0 Å². The van der Waals surface area contributed by atoms with E-state index in [-0.39, 0.29) is 24.3 Å². The Kier molecular flexibility index (Phi) is 20.1. The summed E-state index contributed by atoms with van der Waals surface area (Å²) in [5.74, 6) is -2.04. The van der Waals surface area contributed by atoms with Gasteiger partial charge in [0.25, 0.3) is 0 Å². The number of fused-ring (bicyclic) bond motifs is 1. The third kappa shape index (κ3) is 15.1. The minimum absolute atomic E-state index is 0.00169. The van der Waals surface area contributed by atoms with Gasteiger partial charge in [0, 0.05) is 10.5 Å². The molecule has 8 atom stereocenters. The maximum Gasteiger partial charge on any atom is 0.338 e. The molecule has 0 N–H and O–H groups in total. The Morgan fingerprint density at radius 1 is 0.677 bits per heavy atom. The van der Waals surface area contributed by atoms with E-state index in [1.807, 2.05) is 36.4 Å². The molecule has 65 heavy (non-hydrogen) atoms. The molecule has 2 fully saturated rings. The average molecular weight is 888 g/mol. The Morgan fingerprint density at radius 2 is 1.18 bits per heavy atom. The number of hydrogen-bond donors (Lipinski definition) is 0. The van der Waals surface area contributed by atoms with Crippen LogP contribution in [0.4, 0.5) is 0 Å². The molecule has 0 radical (unpaired) electrons. The molecule has 4 aromatic rings. The standard InChI is InChI=1S/C52H61N3O10/c1-2-3-4-5-6-7-8-9-10-11-12-13-26-35-43(61-48(56)38-27-18-14-19-28-38)42(54-55-53)36-59-52-47(64-50(58)40-31-22-16-23-32-40)46(63-49(57)39-29-20-15-21-30-39)45-44(62-52)37-60-51(65-45)41-33-24-17-25-34-41/h14-35,42-47,51-52H,2-13,36-37H2,1H3/t42-,43+,44+,45+,46-,47+,51?,52+/m0/s1. The maximum absolute atomic E-state index is 13.8. The van der Waals surface area contributed by atoms with E-state index in [0.717, 1.165) is 31.2 Å². The van der Waals surface area contributed by atoms with Gasteiger partial charge in [-0.2, -0.15) is 0 Å². The summed E-state index contributed by atoms with van der Waals surface area (Å²) in [6.45, 7) is 1.88. The lowest BCUT2D eigenvalue weighted by Crippen LogP contribution is -2.64. The van der Waals surface area contributed by atoms with Crippen LogP contribution in [-0.2, 0) is 33.2 Å². The summed E-state index contributed by atoms with van der Waals surface area (Å²) in [5.41, 5.74) is 11.4. The summed E-state index contributed by atoms with van der Waals surface area (Å²) in [4.78, 5) is 44.2. The number of hydrogen-bond acceptors (Lipinski definition) is 11. The van der Waals surface area contributed by atoms with Crippen LogP contribution in [0.3, 0.4) is 0 Å². The van der Waals surface area contributed by atoms with Crippen molar-refractivity contribution in [2.24, 2.45) is 5.11 Å². The van der Waals surface area contributed by atoms with Crippen LogP contribution < -0.4 is 0 Å². The number of ether oxygens (including phenoxy) is 7. The summed E-state index contributed by atoms with van der Waals surface area (Å²) in [5, 5.41) is 4.03. The molecule has 0 amide bonds. The van der Waals surface area contributed by atoms with Gasteiger partial charge in [0.05, 0.1) is 29.9 Å². The molecule has 4 aromatic carbocycles. The Balaban J connectivity index is 1.21. The highest BCUT2D eigenvalue weighted by molar-refractivity contribution is 5.90. The van der Waals surface area contributed by atoms with Crippen molar-refractivity contribution in [3.8, 4) is 0 Å². The number of unbranched alkanes of at least 4 members (excludes halogenated alkanes) is 11. The van der Waals surface area contributed by atoms with Crippen molar-refractivity contribution in [1.29, 1.82) is 0 Å². The number of carbonyl (C=O) groups excluding carboxylic acids is 3. The maximum atomic E-state index is 13.8. The molecule has 2 aliphatic heterocycles. The molecule has 0 saturated carbocycles. The van der Waals surface area contributed by atoms with Crippen molar-refractivity contribution >= 4 is 17.9 Å². The summed E-state index contributed by atoms with van der Waals surface area (Å²) in [6, 6.07) is 33.5. The van der Waals surface area contributed by atoms with Crippen LogP contribution in [0.25, 0.3) is 10.4 Å². The average Bonchev–Trinajstić information content (AvgIpc) is 3.35. The van der Waals surface area contributed by atoms with Crippen LogP contribution in [0.1, 0.15) is 127 Å². The quantitative estimate of drug-likeness (QED) is 0.0119. The predicted octanol–water partition coefficient (Wildman–Crippen LogP) is 11.5. The SMILES string of the molecule is CCCCCCCCCCCCCC=C[C@@H](OC(=O)c1ccccc1)[C@H](CO[C@@H]1O[C@@H]2COC(c3ccccc3)O[C@H]2[C@H](OC(=O)c2ccccc2)[C@H]1OC(=O)c1ccccc1)N=[N+]=[N-]. The van der Waals surface area contributed by atoms with Crippen LogP contribution in [0.5, 0.6) is 0 Å². The Morgan fingerprint density at radius 3 is 1.74 bits per heavy atom. The summed E-state index contributed by atoms with van der Waals surface area (Å²) in [7, 11) is 0. The van der Waals surface area contributed by atoms with Gasteiger partial charge < -0.3 is 33.2 Å². The minimum atomic E-state index is -1.40. The van der Waals surface area contributed by atoms with Crippen molar-refractivity contribution in [2.75, 3.05) is 13.2 Å². The fraction of sp³-hybridized carbons (Fsp3) is 0.442. The van der Waals surface area contributed by atoms with Crippen molar-refractivity contribution < 1.29 is 47.5 Å². The number of allylic oxidation sites excluding steroid dienone is 1. The van der Waals surface area contributed by atoms with Crippen LogP contribution in [0.2, 0.25) is 0 Å². The first-order valence-corrected chi connectivity index (χ1v) is 23.0. The van der Waals surface area contributed by atoms with Gasteiger partial charge in [-0.3, -0.25) is 0 Å². The Labute approximate surface area is 382 Å². The molecule has 0 spiro atoms. The first-order valence-electron chi connectivity index (χ1n) is 23.0. The van der Waals surface area contributed by atoms with Gasteiger partial charge >= 0.3 is 17.9 Å². The Hall–Kier alpha value is -5.82. The van der Waals surface area contributed by atoms with Gasteiger partial charge in [0.2, 0.25) is 0 Å². The van der Waals surface area contributed by atoms with Crippen molar-refractivity contribution in [1.82, 2.24) is 0 Å². The van der Waals surface area contributed by atoms with Gasteiger partial charge in [-0.25, -0.2) is 14.4 Å². The van der Waals surface area contributed by atoms with E-state index in [2.05, 4.69) is 16.9 Å². The molecular formula is C52H61N3O10. The number of nitrogens with zero attached hydrogens (tertiary/aromatic N) is 3. The van der Waals surface area contributed by atoms with Crippen LogP contribution in [0.15, 0.2) is 139 Å². The third-order valence-electron chi connectivity index (χ3n) is 11.4. The lowest BCUT2D eigenvalue weighted by molar-refractivity contribution is -0.360. The zero-order chi connectivity index (χ0) is 45.5. The van der Waals surface area contributed by atoms with E-state index in [0.29, 0.717) is 5.56 Å². The van der Waals surface area contributed by atoms with Crippen LogP contribution >= 0.6 is 0 Å². The fourth-order valence-corrected chi connectivity index (χ4v) is 7.87. The first kappa shape index (κ1) is 48.6. The van der Waals surface area contributed by atoms with Gasteiger partial charge in [-0.15, -0.1) is 0 Å². The predicted molar refractivity (Wildman–Crippen MR) is 245 cm³/mol. The molecule has 13 nitrogen and oxygen atoms in total. The third-order valence-corrected chi connectivity index (χ3v) is 11.4. The van der Waals surface area contributed by atoms with Crippen molar-refractivity contribution in [2.45, 2.75) is 133 Å². The number of carbonyl (C=O) groups is 3.